The highest BCUT2D eigenvalue weighted by Crippen LogP contribution is 2.26. The number of ketones is 1. The molecule has 0 aliphatic carbocycles. The third kappa shape index (κ3) is 5.52. The van der Waals surface area contributed by atoms with Gasteiger partial charge < -0.3 is 15.2 Å². The fourth-order valence-electron chi connectivity index (χ4n) is 2.40. The van der Waals surface area contributed by atoms with Crippen LogP contribution in [0.25, 0.3) is 0 Å². The molecule has 0 fully saturated rings. The molecule has 0 atom stereocenters. The highest BCUT2D eigenvalue weighted by Gasteiger charge is 2.09. The number of rotatable bonds is 8. The molecule has 26 heavy (non-hydrogen) atoms. The number of ether oxygens (including phenoxy) is 2. The second kappa shape index (κ2) is 9.87. The Labute approximate surface area is 158 Å². The number of hydrogen-bond donors (Lipinski definition) is 1. The lowest BCUT2D eigenvalue weighted by Gasteiger charge is -2.11. The van der Waals surface area contributed by atoms with Gasteiger partial charge in [0.1, 0.15) is 11.5 Å². The van der Waals surface area contributed by atoms with Crippen LogP contribution in [-0.4, -0.2) is 24.7 Å². The molecule has 6 heteroatoms. The van der Waals surface area contributed by atoms with Crippen LogP contribution in [0, 0.1) is 0 Å². The molecule has 0 amide bonds. The molecule has 2 N–H and O–H groups in total. The van der Waals surface area contributed by atoms with Gasteiger partial charge in [0, 0.05) is 22.4 Å². The van der Waals surface area contributed by atoms with Gasteiger partial charge in [-0.05, 0) is 38.1 Å². The second-order valence-electron chi connectivity index (χ2n) is 5.57. The van der Waals surface area contributed by atoms with E-state index in [-0.39, 0.29) is 5.78 Å². The van der Waals surface area contributed by atoms with Crippen molar-refractivity contribution >= 4 is 22.7 Å². The number of hydrogen-bond acceptors (Lipinski definition) is 5. The van der Waals surface area contributed by atoms with E-state index in [1.165, 1.54) is 11.8 Å². The molecule has 0 spiro atoms. The quantitative estimate of drug-likeness (QED) is 0.430. The predicted molar refractivity (Wildman–Crippen MR) is 107 cm³/mol. The normalized spacial score (nSPS) is 11.3. The number of carbonyl (C=O) groups excluding carboxylic acids is 1. The summed E-state index contributed by atoms with van der Waals surface area (Å²) in [5.74, 6) is 2.17. The number of benzene rings is 2. The summed E-state index contributed by atoms with van der Waals surface area (Å²) in [7, 11) is 1.64. The zero-order chi connectivity index (χ0) is 18.9. The number of Topliss-reactive ketones (excluding diaryl/α,β-unsaturated/α-hetero) is 1. The lowest BCUT2D eigenvalue weighted by atomic mass is 10.1. The Balaban J connectivity index is 2.06. The maximum absolute atomic E-state index is 11.6. The molecule has 0 aliphatic heterocycles. The number of methoxy groups -OCH3 is 1. The average molecular weight is 372 g/mol. The Morgan fingerprint density at radius 2 is 1.92 bits per heavy atom. The summed E-state index contributed by atoms with van der Waals surface area (Å²) in [6, 6.07) is 13.2. The Kier molecular flexibility index (Phi) is 7.53. The molecule has 2 aromatic rings. The van der Waals surface area contributed by atoms with Gasteiger partial charge >= 0.3 is 0 Å². The summed E-state index contributed by atoms with van der Waals surface area (Å²) in [6.45, 7) is 4.50. The summed E-state index contributed by atoms with van der Waals surface area (Å²) in [5.41, 5.74) is 8.62. The maximum Gasteiger partial charge on any atom is 0.159 e. The summed E-state index contributed by atoms with van der Waals surface area (Å²) < 4.78 is 11.0. The monoisotopic (exact) mass is 372 g/mol. The molecule has 0 radical (unpaired) electrons. The molecule has 0 saturated heterocycles. The minimum atomic E-state index is 0.0251. The van der Waals surface area contributed by atoms with Crippen molar-refractivity contribution in [3.63, 3.8) is 0 Å². The molecule has 2 aromatic carbocycles. The first kappa shape index (κ1) is 19.8. The highest BCUT2D eigenvalue weighted by atomic mass is 32.2. The summed E-state index contributed by atoms with van der Waals surface area (Å²) in [4.78, 5) is 16.0. The molecule has 0 unspecified atom stereocenters. The van der Waals surface area contributed by atoms with Crippen LogP contribution < -0.4 is 15.2 Å². The van der Waals surface area contributed by atoms with E-state index in [1.54, 1.807) is 20.1 Å². The molecule has 5 nitrogen and oxygen atoms in total. The number of nitrogens with two attached hydrogens (primary N) is 1. The van der Waals surface area contributed by atoms with Gasteiger partial charge in [0.15, 0.2) is 11.0 Å². The van der Waals surface area contributed by atoms with Gasteiger partial charge in [-0.2, -0.15) is 0 Å². The Morgan fingerprint density at radius 1 is 1.15 bits per heavy atom. The summed E-state index contributed by atoms with van der Waals surface area (Å²) in [5, 5.41) is 0.478. The van der Waals surface area contributed by atoms with Crippen LogP contribution in [0.1, 0.15) is 35.3 Å². The van der Waals surface area contributed by atoms with Crippen LogP contribution in [0.15, 0.2) is 47.5 Å². The Morgan fingerprint density at radius 3 is 2.62 bits per heavy atom. The number of thioether (sulfide) groups is 1. The third-order valence-corrected chi connectivity index (χ3v) is 4.62. The van der Waals surface area contributed by atoms with Crippen molar-refractivity contribution in [3.8, 4) is 11.5 Å². The molecule has 0 saturated carbocycles. The predicted octanol–water partition coefficient (Wildman–Crippen LogP) is 4.04. The van der Waals surface area contributed by atoms with Gasteiger partial charge in [-0.3, -0.25) is 9.79 Å². The van der Waals surface area contributed by atoms with Gasteiger partial charge in [0.05, 0.1) is 20.3 Å². The number of carbonyl (C=O) groups is 1. The van der Waals surface area contributed by atoms with Crippen LogP contribution in [0.2, 0.25) is 0 Å². The molecular weight excluding hydrogens is 348 g/mol. The van der Waals surface area contributed by atoms with E-state index in [4.69, 9.17) is 15.2 Å². The molecule has 138 valence electrons. The molecular formula is C20H24N2O3S. The van der Waals surface area contributed by atoms with E-state index in [0.29, 0.717) is 29.6 Å². The lowest BCUT2D eigenvalue weighted by molar-refractivity contribution is 0.101. The van der Waals surface area contributed by atoms with Crippen molar-refractivity contribution < 1.29 is 14.3 Å². The van der Waals surface area contributed by atoms with E-state index >= 15 is 0 Å². The Hall–Kier alpha value is -2.47. The zero-order valence-corrected chi connectivity index (χ0v) is 16.1. The number of amidine groups is 1. The van der Waals surface area contributed by atoms with Crippen LogP contribution >= 0.6 is 11.8 Å². The van der Waals surface area contributed by atoms with Gasteiger partial charge in [0.25, 0.3) is 0 Å². The molecule has 0 bridgehead atoms. The van der Waals surface area contributed by atoms with Crippen molar-refractivity contribution in [2.24, 2.45) is 10.7 Å². The van der Waals surface area contributed by atoms with Gasteiger partial charge in [-0.25, -0.2) is 0 Å². The topological polar surface area (TPSA) is 73.9 Å². The van der Waals surface area contributed by atoms with Gasteiger partial charge in [0.2, 0.25) is 0 Å². The maximum atomic E-state index is 11.6. The standard InChI is InChI=1S/C20H24N2O3S/c1-4-25-19-10-9-15(14(2)23)11-17(19)13-26-20(21)22-12-16-7-5-6-8-18(16)24-3/h5-11H,4,12-13H2,1-3H3,(H2,21,22). The number of aliphatic imine (C=N–C) groups is 1. The summed E-state index contributed by atoms with van der Waals surface area (Å²) >= 11 is 1.42. The zero-order valence-electron chi connectivity index (χ0n) is 15.3. The van der Waals surface area contributed by atoms with E-state index in [1.807, 2.05) is 43.3 Å². The SMILES string of the molecule is CCOc1ccc(C(C)=O)cc1CSC(N)=NCc1ccccc1OC. The van der Waals surface area contributed by atoms with Crippen LogP contribution in [0.4, 0.5) is 0 Å². The average Bonchev–Trinajstić information content (AvgIpc) is 2.65. The highest BCUT2D eigenvalue weighted by molar-refractivity contribution is 8.13. The van der Waals surface area contributed by atoms with Crippen LogP contribution in [0.5, 0.6) is 11.5 Å². The minimum Gasteiger partial charge on any atom is -0.496 e. The van der Waals surface area contributed by atoms with Gasteiger partial charge in [-0.1, -0.05) is 30.0 Å². The van der Waals surface area contributed by atoms with Crippen molar-refractivity contribution in [1.29, 1.82) is 0 Å². The molecule has 0 heterocycles. The van der Waals surface area contributed by atoms with Gasteiger partial charge in [-0.15, -0.1) is 0 Å². The largest absolute Gasteiger partial charge is 0.496 e. The second-order valence-corrected chi connectivity index (χ2v) is 6.56. The van der Waals surface area contributed by atoms with Crippen molar-refractivity contribution in [2.45, 2.75) is 26.1 Å². The van der Waals surface area contributed by atoms with E-state index in [2.05, 4.69) is 4.99 Å². The first-order valence-electron chi connectivity index (χ1n) is 8.36. The first-order chi connectivity index (χ1) is 12.5. The lowest BCUT2D eigenvalue weighted by Crippen LogP contribution is -2.08. The molecule has 2 rings (SSSR count). The molecule has 0 aromatic heterocycles. The van der Waals surface area contributed by atoms with E-state index in [0.717, 1.165) is 22.6 Å². The smallest absolute Gasteiger partial charge is 0.159 e. The Bertz CT molecular complexity index is 790. The van der Waals surface area contributed by atoms with Crippen molar-refractivity contribution in [1.82, 2.24) is 0 Å². The van der Waals surface area contributed by atoms with Crippen molar-refractivity contribution in [3.05, 3.63) is 59.2 Å². The van der Waals surface area contributed by atoms with E-state index in [9.17, 15) is 4.79 Å². The number of para-hydroxylation sites is 1. The fourth-order valence-corrected chi connectivity index (χ4v) is 3.09. The van der Waals surface area contributed by atoms with Crippen molar-refractivity contribution in [2.75, 3.05) is 13.7 Å². The van der Waals surface area contributed by atoms with E-state index < -0.39 is 0 Å². The minimum absolute atomic E-state index is 0.0251. The summed E-state index contributed by atoms with van der Waals surface area (Å²) in [6.07, 6.45) is 0. The third-order valence-electron chi connectivity index (χ3n) is 3.74. The fraction of sp³-hybridized carbons (Fsp3) is 0.300. The first-order valence-corrected chi connectivity index (χ1v) is 9.35. The molecule has 0 aliphatic rings. The van der Waals surface area contributed by atoms with Crippen LogP contribution in [0.3, 0.4) is 0 Å². The van der Waals surface area contributed by atoms with Crippen LogP contribution in [-0.2, 0) is 12.3 Å². The number of nitrogens with zero attached hydrogens (tertiary/aromatic N) is 1.